The van der Waals surface area contributed by atoms with E-state index in [0.717, 1.165) is 30.5 Å². The predicted octanol–water partition coefficient (Wildman–Crippen LogP) is 6.07. The Morgan fingerprint density at radius 1 is 1.37 bits per heavy atom. The van der Waals surface area contributed by atoms with E-state index < -0.39 is 11.7 Å². The summed E-state index contributed by atoms with van der Waals surface area (Å²) in [6.07, 6.45) is 6.56. The van der Waals surface area contributed by atoms with Crippen molar-refractivity contribution in [2.24, 2.45) is 0 Å². The fourth-order valence-corrected chi connectivity index (χ4v) is 5.49. The van der Waals surface area contributed by atoms with Crippen LogP contribution in [-0.2, 0) is 4.74 Å². The van der Waals surface area contributed by atoms with E-state index in [1.54, 1.807) is 16.8 Å². The lowest BCUT2D eigenvalue weighted by Crippen LogP contribution is -2.34. The maximum atomic E-state index is 13.6. The summed E-state index contributed by atoms with van der Waals surface area (Å²) in [6, 6.07) is 5.31. The van der Waals surface area contributed by atoms with Crippen molar-refractivity contribution < 1.29 is 18.7 Å². The van der Waals surface area contributed by atoms with Crippen molar-refractivity contribution in [2.75, 3.05) is 4.90 Å². The molecule has 0 radical (unpaired) electrons. The number of hydrogen-bond donors (Lipinski definition) is 0. The Kier molecular flexibility index (Phi) is 6.79. The summed E-state index contributed by atoms with van der Waals surface area (Å²) in [5.74, 6) is 3.09. The standard InChI is InChI=1S/C26H27BN6O4S/c1-16-8-23(38-31-16)32(25(35)37-26(2,3)4)22-10-21(17-6-5-7-27(11-17)15-28)30-24-20(12-29-33(22)24)18-9-19(13-34)36-14-18/h8-10,12-14,17H,5-7,11H2,1-4H3. The third-order valence-corrected chi connectivity index (χ3v) is 7.30. The first-order valence-electron chi connectivity index (χ1n) is 12.5. The number of carbonyl (C=O) groups is 2. The van der Waals surface area contributed by atoms with Crippen LogP contribution in [0.2, 0.25) is 12.6 Å². The zero-order valence-corrected chi connectivity index (χ0v) is 22.5. The summed E-state index contributed by atoms with van der Waals surface area (Å²) in [7, 11) is 0. The highest BCUT2D eigenvalue weighted by molar-refractivity contribution is 7.10. The molecule has 1 fully saturated rings. The number of aldehydes is 1. The van der Waals surface area contributed by atoms with Gasteiger partial charge < -0.3 is 9.15 Å². The number of nitriles is 1. The third-order valence-electron chi connectivity index (χ3n) is 6.44. The molecule has 0 N–H and O–H groups in total. The van der Waals surface area contributed by atoms with Crippen LogP contribution in [0.25, 0.3) is 16.8 Å². The number of fused-ring (bicyclic) bond motifs is 1. The van der Waals surface area contributed by atoms with E-state index in [2.05, 4.69) is 15.4 Å². The van der Waals surface area contributed by atoms with Crippen molar-refractivity contribution in [3.05, 3.63) is 47.8 Å². The summed E-state index contributed by atoms with van der Waals surface area (Å²) in [6.45, 7) is 7.26. The maximum Gasteiger partial charge on any atom is 0.421 e. The molecule has 5 heterocycles. The lowest BCUT2D eigenvalue weighted by Gasteiger charge is -2.28. The smallest absolute Gasteiger partial charge is 0.421 e. The van der Waals surface area contributed by atoms with Crippen LogP contribution in [0.15, 0.2) is 35.1 Å². The number of aryl methyl sites for hydroxylation is 1. The van der Waals surface area contributed by atoms with Gasteiger partial charge in [-0.1, -0.05) is 19.1 Å². The summed E-state index contributed by atoms with van der Waals surface area (Å²) in [4.78, 5) is 31.3. The van der Waals surface area contributed by atoms with Crippen LogP contribution in [0.4, 0.5) is 15.6 Å². The topological polar surface area (TPSA) is 127 Å². The minimum atomic E-state index is -0.731. The number of anilines is 2. The fraction of sp³-hybridized carbons (Fsp3) is 0.385. The average molecular weight is 530 g/mol. The molecule has 0 bridgehead atoms. The van der Waals surface area contributed by atoms with Gasteiger partial charge in [0.1, 0.15) is 16.4 Å². The summed E-state index contributed by atoms with van der Waals surface area (Å²) in [5.41, 5.74) is 2.61. The molecule has 1 aliphatic rings. The molecule has 5 rings (SSSR count). The van der Waals surface area contributed by atoms with E-state index in [9.17, 15) is 14.9 Å². The van der Waals surface area contributed by atoms with Gasteiger partial charge in [-0.3, -0.25) is 4.79 Å². The molecule has 0 aromatic carbocycles. The van der Waals surface area contributed by atoms with E-state index in [1.165, 1.54) is 22.7 Å². The van der Waals surface area contributed by atoms with E-state index in [1.807, 2.05) is 39.8 Å². The number of hydrogen-bond acceptors (Lipinski definition) is 9. The van der Waals surface area contributed by atoms with Crippen LogP contribution in [0.5, 0.6) is 0 Å². The summed E-state index contributed by atoms with van der Waals surface area (Å²) < 4.78 is 17.1. The molecule has 194 valence electrons. The number of nitrogens with zero attached hydrogens (tertiary/aromatic N) is 6. The molecule has 38 heavy (non-hydrogen) atoms. The van der Waals surface area contributed by atoms with Crippen LogP contribution < -0.4 is 4.90 Å². The lowest BCUT2D eigenvalue weighted by molar-refractivity contribution is 0.0598. The molecule has 0 aliphatic carbocycles. The highest BCUT2D eigenvalue weighted by Gasteiger charge is 2.33. The van der Waals surface area contributed by atoms with E-state index in [4.69, 9.17) is 14.1 Å². The highest BCUT2D eigenvalue weighted by Crippen LogP contribution is 2.39. The summed E-state index contributed by atoms with van der Waals surface area (Å²) >= 11 is 1.19. The number of rotatable bonds is 5. The SMILES string of the molecule is Cc1cc(N(C(=O)OC(C)(C)C)c2cc(C3CCCB(C#N)C3)nc3c(-c4coc(C=O)c4)cnn23)sn1. The molecule has 4 aromatic heterocycles. The fourth-order valence-electron chi connectivity index (χ4n) is 4.73. The van der Waals surface area contributed by atoms with E-state index in [-0.39, 0.29) is 18.4 Å². The Morgan fingerprint density at radius 3 is 2.84 bits per heavy atom. The van der Waals surface area contributed by atoms with Crippen molar-refractivity contribution in [1.82, 2.24) is 19.0 Å². The van der Waals surface area contributed by atoms with Gasteiger partial charge in [0.25, 0.3) is 6.71 Å². The van der Waals surface area contributed by atoms with Crippen LogP contribution in [-0.4, -0.2) is 43.7 Å². The third kappa shape index (κ3) is 5.06. The van der Waals surface area contributed by atoms with Crippen molar-refractivity contribution in [3.8, 4) is 17.1 Å². The minimum Gasteiger partial charge on any atom is -0.461 e. The number of amides is 1. The van der Waals surface area contributed by atoms with Gasteiger partial charge in [-0.15, -0.1) is 0 Å². The number of ether oxygens (including phenoxy) is 1. The first kappa shape index (κ1) is 25.7. The molecule has 10 nitrogen and oxygen atoms in total. The maximum absolute atomic E-state index is 13.6. The van der Waals surface area contributed by atoms with Crippen LogP contribution in [0, 0.1) is 18.2 Å². The Balaban J connectivity index is 1.73. The van der Waals surface area contributed by atoms with Gasteiger partial charge in [-0.05, 0) is 63.7 Å². The first-order valence-corrected chi connectivity index (χ1v) is 13.2. The highest BCUT2D eigenvalue weighted by atomic mass is 32.1. The van der Waals surface area contributed by atoms with Crippen molar-refractivity contribution in [3.63, 3.8) is 0 Å². The number of carbonyl (C=O) groups excluding carboxylic acids is 2. The van der Waals surface area contributed by atoms with Gasteiger partial charge in [-0.25, -0.2) is 19.9 Å². The Hall–Kier alpha value is -3.98. The van der Waals surface area contributed by atoms with Crippen LogP contribution in [0.3, 0.4) is 0 Å². The molecule has 0 spiro atoms. The zero-order valence-electron chi connectivity index (χ0n) is 21.7. The van der Waals surface area contributed by atoms with Crippen molar-refractivity contribution >= 4 is 47.1 Å². The molecular formula is C26H27BN6O4S. The minimum absolute atomic E-state index is 0.0402. The zero-order chi connectivity index (χ0) is 27.0. The van der Waals surface area contributed by atoms with Crippen molar-refractivity contribution in [1.29, 1.82) is 5.26 Å². The molecule has 1 atom stereocenters. The molecule has 1 amide bonds. The van der Waals surface area contributed by atoms with Crippen molar-refractivity contribution in [2.45, 2.75) is 64.7 Å². The molecule has 12 heteroatoms. The average Bonchev–Trinajstić information content (AvgIpc) is 3.62. The monoisotopic (exact) mass is 530 g/mol. The molecule has 1 unspecified atom stereocenters. The van der Waals surface area contributed by atoms with E-state index in [0.29, 0.717) is 40.2 Å². The first-order chi connectivity index (χ1) is 18.2. The molecule has 0 saturated carbocycles. The Bertz CT molecular complexity index is 1550. The lowest BCUT2D eigenvalue weighted by atomic mass is 9.41. The largest absolute Gasteiger partial charge is 0.461 e. The van der Waals surface area contributed by atoms with Gasteiger partial charge in [0.2, 0.25) is 0 Å². The molecular weight excluding hydrogens is 503 g/mol. The predicted molar refractivity (Wildman–Crippen MR) is 144 cm³/mol. The molecule has 4 aromatic rings. The second-order valence-corrected chi connectivity index (χ2v) is 11.3. The van der Waals surface area contributed by atoms with Crippen LogP contribution in [0.1, 0.15) is 61.5 Å². The van der Waals surface area contributed by atoms with Crippen LogP contribution >= 0.6 is 11.5 Å². The number of furan rings is 1. The second kappa shape index (κ2) is 10.1. The van der Waals surface area contributed by atoms with Gasteiger partial charge in [-0.2, -0.15) is 14.0 Å². The Morgan fingerprint density at radius 2 is 2.18 bits per heavy atom. The van der Waals surface area contributed by atoms with E-state index >= 15 is 0 Å². The van der Waals surface area contributed by atoms with Gasteiger partial charge >= 0.3 is 6.09 Å². The molecule has 1 aliphatic heterocycles. The number of aromatic nitrogens is 4. The quantitative estimate of drug-likeness (QED) is 0.225. The normalized spacial score (nSPS) is 15.9. The second-order valence-electron chi connectivity index (χ2n) is 10.5. The van der Waals surface area contributed by atoms with Gasteiger partial charge in [0.05, 0.1) is 18.2 Å². The molecule has 1 saturated heterocycles. The summed E-state index contributed by atoms with van der Waals surface area (Å²) in [5, 5.41) is 14.8. The van der Waals surface area contributed by atoms with Gasteiger partial charge in [0, 0.05) is 28.9 Å². The Labute approximate surface area is 224 Å². The van der Waals surface area contributed by atoms with Gasteiger partial charge in [0.15, 0.2) is 17.7 Å².